The van der Waals surface area contributed by atoms with E-state index in [-0.39, 0.29) is 5.75 Å². The summed E-state index contributed by atoms with van der Waals surface area (Å²) in [6.45, 7) is 0.390. The molecule has 0 spiro atoms. The van der Waals surface area contributed by atoms with Gasteiger partial charge in [0.2, 0.25) is 0 Å². The predicted octanol–water partition coefficient (Wildman–Crippen LogP) is 3.42. The second-order valence-corrected chi connectivity index (χ2v) is 3.95. The first kappa shape index (κ1) is 13.2. The summed E-state index contributed by atoms with van der Waals surface area (Å²) in [6.07, 6.45) is -3.30. The number of phenols is 1. The van der Waals surface area contributed by atoms with Crippen molar-refractivity contribution in [2.75, 3.05) is 5.32 Å². The minimum Gasteiger partial charge on any atom is -0.508 e. The average Bonchev–Trinajstić information content (AvgIpc) is 2.36. The SMILES string of the molecule is Oc1cccc(CNc2ccc(C(F)(F)F)nc2)c1. The second-order valence-electron chi connectivity index (χ2n) is 3.95. The fraction of sp³-hybridized carbons (Fsp3) is 0.154. The van der Waals surface area contributed by atoms with Gasteiger partial charge in [0.05, 0.1) is 11.9 Å². The molecule has 0 atom stereocenters. The summed E-state index contributed by atoms with van der Waals surface area (Å²) in [5.74, 6) is 0.143. The number of rotatable bonds is 3. The zero-order chi connectivity index (χ0) is 13.9. The fourth-order valence-corrected chi connectivity index (χ4v) is 1.54. The Hall–Kier alpha value is -2.24. The number of hydrogen-bond acceptors (Lipinski definition) is 3. The third-order valence-electron chi connectivity index (χ3n) is 2.46. The summed E-state index contributed by atoms with van der Waals surface area (Å²) in [5.41, 5.74) is 0.381. The molecular weight excluding hydrogens is 257 g/mol. The Balaban J connectivity index is 2.01. The molecule has 6 heteroatoms. The molecule has 0 saturated heterocycles. The van der Waals surface area contributed by atoms with Crippen molar-refractivity contribution in [1.82, 2.24) is 4.98 Å². The largest absolute Gasteiger partial charge is 0.508 e. The van der Waals surface area contributed by atoms with Crippen LogP contribution in [0.2, 0.25) is 0 Å². The quantitative estimate of drug-likeness (QED) is 0.896. The molecule has 0 radical (unpaired) electrons. The van der Waals surface area contributed by atoms with Crippen molar-refractivity contribution in [3.8, 4) is 5.75 Å². The highest BCUT2D eigenvalue weighted by atomic mass is 19.4. The zero-order valence-corrected chi connectivity index (χ0v) is 9.78. The lowest BCUT2D eigenvalue weighted by Gasteiger charge is -2.09. The van der Waals surface area contributed by atoms with Gasteiger partial charge in [-0.15, -0.1) is 0 Å². The number of halogens is 3. The number of benzene rings is 1. The van der Waals surface area contributed by atoms with E-state index in [0.717, 1.165) is 17.8 Å². The summed E-state index contributed by atoms with van der Waals surface area (Å²) in [4.78, 5) is 3.34. The lowest BCUT2D eigenvalue weighted by molar-refractivity contribution is -0.141. The first-order chi connectivity index (χ1) is 8.95. The van der Waals surface area contributed by atoms with E-state index in [1.807, 2.05) is 0 Å². The van der Waals surface area contributed by atoms with Crippen LogP contribution in [0.1, 0.15) is 11.3 Å². The van der Waals surface area contributed by atoms with Gasteiger partial charge in [0.15, 0.2) is 0 Å². The molecule has 2 rings (SSSR count). The number of nitrogens with zero attached hydrogens (tertiary/aromatic N) is 1. The Labute approximate surface area is 107 Å². The van der Waals surface area contributed by atoms with Crippen molar-refractivity contribution in [1.29, 1.82) is 0 Å². The van der Waals surface area contributed by atoms with Gasteiger partial charge in [-0.05, 0) is 29.8 Å². The molecule has 1 heterocycles. The van der Waals surface area contributed by atoms with Crippen LogP contribution in [0.5, 0.6) is 5.75 Å². The van der Waals surface area contributed by atoms with Gasteiger partial charge in [0.25, 0.3) is 0 Å². The van der Waals surface area contributed by atoms with Crippen molar-refractivity contribution in [2.24, 2.45) is 0 Å². The number of pyridine rings is 1. The van der Waals surface area contributed by atoms with E-state index >= 15 is 0 Å². The number of nitrogens with one attached hydrogen (secondary N) is 1. The van der Waals surface area contributed by atoms with Crippen LogP contribution in [0.25, 0.3) is 0 Å². The van der Waals surface area contributed by atoms with Crippen LogP contribution in [0, 0.1) is 0 Å². The van der Waals surface area contributed by atoms with Crippen LogP contribution in [-0.4, -0.2) is 10.1 Å². The van der Waals surface area contributed by atoms with Gasteiger partial charge in [-0.25, -0.2) is 4.98 Å². The molecular formula is C13H11F3N2O. The van der Waals surface area contributed by atoms with Crippen LogP contribution in [0.3, 0.4) is 0 Å². The fourth-order valence-electron chi connectivity index (χ4n) is 1.54. The van der Waals surface area contributed by atoms with Crippen LogP contribution >= 0.6 is 0 Å². The van der Waals surface area contributed by atoms with E-state index in [1.165, 1.54) is 6.07 Å². The molecule has 0 saturated carbocycles. The van der Waals surface area contributed by atoms with E-state index in [4.69, 9.17) is 0 Å². The third kappa shape index (κ3) is 3.61. The predicted molar refractivity (Wildman–Crippen MR) is 64.7 cm³/mol. The molecule has 2 aromatic rings. The Morgan fingerprint density at radius 2 is 1.95 bits per heavy atom. The molecule has 0 aliphatic rings. The number of aromatic nitrogens is 1. The van der Waals surface area contributed by atoms with Crippen LogP contribution in [-0.2, 0) is 12.7 Å². The van der Waals surface area contributed by atoms with E-state index in [1.54, 1.807) is 24.3 Å². The van der Waals surface area contributed by atoms with E-state index in [2.05, 4.69) is 10.3 Å². The highest BCUT2D eigenvalue weighted by Gasteiger charge is 2.31. The summed E-state index contributed by atoms with van der Waals surface area (Å²) in [7, 11) is 0. The summed E-state index contributed by atoms with van der Waals surface area (Å²) in [5, 5.41) is 12.2. The van der Waals surface area contributed by atoms with Gasteiger partial charge in [0, 0.05) is 6.54 Å². The lowest BCUT2D eigenvalue weighted by atomic mass is 10.2. The van der Waals surface area contributed by atoms with Crippen molar-refractivity contribution in [3.05, 3.63) is 53.9 Å². The Bertz CT molecular complexity index is 553. The standard InChI is InChI=1S/C13H11F3N2O/c14-13(15,16)12-5-4-10(8-18-12)17-7-9-2-1-3-11(19)6-9/h1-6,8,17,19H,7H2. The average molecular weight is 268 g/mol. The van der Waals surface area contributed by atoms with E-state index in [0.29, 0.717) is 12.2 Å². The van der Waals surface area contributed by atoms with Crippen molar-refractivity contribution in [2.45, 2.75) is 12.7 Å². The zero-order valence-electron chi connectivity index (χ0n) is 9.78. The third-order valence-corrected chi connectivity index (χ3v) is 2.46. The minimum atomic E-state index is -4.43. The molecule has 1 aromatic heterocycles. The molecule has 0 amide bonds. The molecule has 3 nitrogen and oxygen atoms in total. The van der Waals surface area contributed by atoms with Crippen molar-refractivity contribution >= 4 is 5.69 Å². The van der Waals surface area contributed by atoms with Crippen molar-refractivity contribution in [3.63, 3.8) is 0 Å². The van der Waals surface area contributed by atoms with Gasteiger partial charge in [-0.2, -0.15) is 13.2 Å². The second kappa shape index (κ2) is 5.17. The Morgan fingerprint density at radius 1 is 1.16 bits per heavy atom. The molecule has 0 unspecified atom stereocenters. The summed E-state index contributed by atoms with van der Waals surface area (Å²) < 4.78 is 36.9. The molecule has 0 fully saturated rings. The summed E-state index contributed by atoms with van der Waals surface area (Å²) >= 11 is 0. The number of hydrogen-bond donors (Lipinski definition) is 2. The maximum absolute atomic E-state index is 12.3. The van der Waals surface area contributed by atoms with Gasteiger partial charge >= 0.3 is 6.18 Å². The first-order valence-corrected chi connectivity index (χ1v) is 5.50. The topological polar surface area (TPSA) is 45.1 Å². The highest BCUT2D eigenvalue weighted by Crippen LogP contribution is 2.27. The van der Waals surface area contributed by atoms with Crippen molar-refractivity contribution < 1.29 is 18.3 Å². The van der Waals surface area contributed by atoms with Crippen LogP contribution < -0.4 is 5.32 Å². The maximum atomic E-state index is 12.3. The molecule has 1 aromatic carbocycles. The molecule has 2 N–H and O–H groups in total. The van der Waals surface area contributed by atoms with E-state index in [9.17, 15) is 18.3 Å². The first-order valence-electron chi connectivity index (χ1n) is 5.50. The molecule has 0 bridgehead atoms. The number of phenolic OH excluding ortho intramolecular Hbond substituents is 1. The monoisotopic (exact) mass is 268 g/mol. The molecule has 0 aliphatic carbocycles. The lowest BCUT2D eigenvalue weighted by Crippen LogP contribution is -2.08. The van der Waals surface area contributed by atoms with Crippen LogP contribution in [0.15, 0.2) is 42.6 Å². The molecule has 100 valence electrons. The maximum Gasteiger partial charge on any atom is 0.433 e. The normalized spacial score (nSPS) is 11.3. The van der Waals surface area contributed by atoms with Gasteiger partial charge in [-0.1, -0.05) is 12.1 Å². The smallest absolute Gasteiger partial charge is 0.433 e. The van der Waals surface area contributed by atoms with Gasteiger partial charge < -0.3 is 10.4 Å². The minimum absolute atomic E-state index is 0.143. The van der Waals surface area contributed by atoms with E-state index < -0.39 is 11.9 Å². The molecule has 0 aliphatic heterocycles. The number of aromatic hydroxyl groups is 1. The van der Waals surface area contributed by atoms with Gasteiger partial charge in [-0.3, -0.25) is 0 Å². The summed E-state index contributed by atoms with van der Waals surface area (Å²) in [6, 6.07) is 8.85. The highest BCUT2D eigenvalue weighted by molar-refractivity contribution is 5.42. The van der Waals surface area contributed by atoms with Gasteiger partial charge in [0.1, 0.15) is 11.4 Å². The Kier molecular flexibility index (Phi) is 3.59. The van der Waals surface area contributed by atoms with Crippen LogP contribution in [0.4, 0.5) is 18.9 Å². The molecule has 19 heavy (non-hydrogen) atoms. The number of alkyl halides is 3. The Morgan fingerprint density at radius 3 is 2.53 bits per heavy atom. The number of anilines is 1.